The normalized spacial score (nSPS) is 25.0. The van der Waals surface area contributed by atoms with E-state index in [1.54, 1.807) is 48.6 Å². The highest BCUT2D eigenvalue weighted by Gasteiger charge is 2.69. The van der Waals surface area contributed by atoms with Gasteiger partial charge in [0, 0.05) is 17.0 Å². The third kappa shape index (κ3) is 5.85. The number of aromatic hydroxyl groups is 2. The van der Waals surface area contributed by atoms with Gasteiger partial charge >= 0.3 is 5.97 Å². The lowest BCUT2D eigenvalue weighted by Crippen LogP contribution is -2.54. The zero-order valence-electron chi connectivity index (χ0n) is 30.9. The fourth-order valence-corrected chi connectivity index (χ4v) is 9.34. The van der Waals surface area contributed by atoms with E-state index >= 15 is 4.79 Å². The Labute approximate surface area is 335 Å². The van der Waals surface area contributed by atoms with E-state index in [0.717, 1.165) is 22.0 Å². The Balaban J connectivity index is 1.30. The number of hydrogen-bond donors (Lipinski definition) is 4. The molecule has 4 N–H and O–H groups in total. The van der Waals surface area contributed by atoms with E-state index in [1.165, 1.54) is 44.6 Å². The molecule has 0 spiro atoms. The molecule has 4 aromatic rings. The number of allylic oxidation sites excluding steroid dienone is 3. The Morgan fingerprint density at radius 3 is 2.19 bits per heavy atom. The van der Waals surface area contributed by atoms with Crippen LogP contribution >= 0.6 is 11.6 Å². The summed E-state index contributed by atoms with van der Waals surface area (Å²) in [4.78, 5) is 71.2. The number of hydrogen-bond acceptors (Lipinski definition) is 10. The number of carboxylic acids is 1. The number of halogens is 2. The van der Waals surface area contributed by atoms with Crippen LogP contribution in [0.3, 0.4) is 0 Å². The number of phenols is 2. The Morgan fingerprint density at radius 2 is 1.57 bits per heavy atom. The minimum atomic E-state index is -1.63. The number of aromatic carboxylic acids is 1. The van der Waals surface area contributed by atoms with Crippen molar-refractivity contribution < 1.29 is 53.2 Å². The summed E-state index contributed by atoms with van der Waals surface area (Å²) >= 11 is 6.36. The number of nitrogens with zero attached hydrogens (tertiary/aromatic N) is 2. The largest absolute Gasteiger partial charge is 0.507 e. The number of phenolic OH excluding ortho intramolecular Hbond substituents is 1. The average molecular weight is 808 g/mol. The molecular formula is C43H35ClFN3O10. The molecule has 58 heavy (non-hydrogen) atoms. The molecule has 0 bridgehead atoms. The van der Waals surface area contributed by atoms with Gasteiger partial charge in [-0.3, -0.25) is 24.6 Å². The molecule has 13 nitrogen and oxygen atoms in total. The van der Waals surface area contributed by atoms with E-state index in [2.05, 4.69) is 5.43 Å². The SMILES string of the molecule is COc1cc(C=CC2C3=CCC4C(=O)N(c5ccc(C(=O)O)c(O)c5)C(=O)C4C3CC3C(=O)N(Nc4ccc(F)cc4)C(=O)C23c2ccc(Cl)cc2)cc(OC)c1O. The number of rotatable bonds is 9. The average Bonchev–Trinajstić information content (AvgIpc) is 3.59. The summed E-state index contributed by atoms with van der Waals surface area (Å²) in [5, 5.41) is 31.9. The van der Waals surface area contributed by atoms with Crippen LogP contribution in [0.25, 0.3) is 6.08 Å². The first-order chi connectivity index (χ1) is 27.8. The van der Waals surface area contributed by atoms with E-state index in [4.69, 9.17) is 21.1 Å². The summed E-state index contributed by atoms with van der Waals surface area (Å²) in [5.74, 6) is -9.51. The number of nitrogens with one attached hydrogen (secondary N) is 1. The number of benzene rings is 4. The molecule has 0 aromatic heterocycles. The van der Waals surface area contributed by atoms with Gasteiger partial charge in [0.15, 0.2) is 11.5 Å². The van der Waals surface area contributed by atoms with Crippen LogP contribution in [0.1, 0.15) is 34.3 Å². The van der Waals surface area contributed by atoms with Crippen molar-refractivity contribution in [3.63, 3.8) is 0 Å². The van der Waals surface area contributed by atoms with Crippen LogP contribution in [0, 0.1) is 35.4 Å². The third-order valence-electron chi connectivity index (χ3n) is 11.8. The van der Waals surface area contributed by atoms with Gasteiger partial charge in [-0.25, -0.2) is 14.1 Å². The zero-order chi connectivity index (χ0) is 41.2. The number of amides is 4. The smallest absolute Gasteiger partial charge is 0.339 e. The molecule has 1 saturated carbocycles. The second-order valence-corrected chi connectivity index (χ2v) is 15.0. The molecular weight excluding hydrogens is 773 g/mol. The first kappa shape index (κ1) is 38.2. The highest BCUT2D eigenvalue weighted by molar-refractivity contribution is 6.30. The molecule has 2 saturated heterocycles. The maximum Gasteiger partial charge on any atom is 0.339 e. The number of anilines is 2. The summed E-state index contributed by atoms with van der Waals surface area (Å²) in [5.41, 5.74) is 2.73. The number of ether oxygens (including phenoxy) is 2. The monoisotopic (exact) mass is 807 g/mol. The molecule has 2 heterocycles. The molecule has 296 valence electrons. The molecule has 3 fully saturated rings. The van der Waals surface area contributed by atoms with Gasteiger partial charge in [-0.2, -0.15) is 5.01 Å². The number of hydrazine groups is 1. The number of carbonyl (C=O) groups is 5. The molecule has 4 aromatic carbocycles. The Kier molecular flexibility index (Phi) is 9.47. The summed E-state index contributed by atoms with van der Waals surface area (Å²) in [7, 11) is 2.77. The quantitative estimate of drug-likeness (QED) is 0.109. The minimum Gasteiger partial charge on any atom is -0.507 e. The molecule has 0 radical (unpaired) electrons. The van der Waals surface area contributed by atoms with Crippen molar-refractivity contribution >= 4 is 58.6 Å². The molecule has 2 aliphatic heterocycles. The van der Waals surface area contributed by atoms with E-state index < -0.39 is 81.7 Å². The van der Waals surface area contributed by atoms with Gasteiger partial charge in [-0.05, 0) is 90.6 Å². The Hall–Kier alpha value is -6.67. The van der Waals surface area contributed by atoms with E-state index in [0.29, 0.717) is 21.7 Å². The molecule has 8 rings (SSSR count). The highest BCUT2D eigenvalue weighted by atomic mass is 35.5. The maximum atomic E-state index is 15.3. The summed E-state index contributed by atoms with van der Waals surface area (Å²) in [6.07, 6.45) is 5.39. The number of methoxy groups -OCH3 is 2. The van der Waals surface area contributed by atoms with Crippen LogP contribution < -0.4 is 19.8 Å². The van der Waals surface area contributed by atoms with Crippen molar-refractivity contribution in [2.24, 2.45) is 29.6 Å². The van der Waals surface area contributed by atoms with Crippen LogP contribution in [-0.4, -0.2) is 64.1 Å². The summed E-state index contributed by atoms with van der Waals surface area (Å²) < 4.78 is 24.7. The second-order valence-electron chi connectivity index (χ2n) is 14.6. The van der Waals surface area contributed by atoms with Gasteiger partial charge in [-0.15, -0.1) is 0 Å². The van der Waals surface area contributed by atoms with E-state index in [1.807, 2.05) is 6.08 Å². The van der Waals surface area contributed by atoms with Crippen LogP contribution in [0.4, 0.5) is 15.8 Å². The van der Waals surface area contributed by atoms with Crippen molar-refractivity contribution in [3.05, 3.63) is 124 Å². The lowest BCUT2D eigenvalue weighted by Gasteiger charge is -2.49. The topological polar surface area (TPSA) is 183 Å². The van der Waals surface area contributed by atoms with Crippen LogP contribution in [0.15, 0.2) is 96.6 Å². The van der Waals surface area contributed by atoms with Crippen LogP contribution in [0.2, 0.25) is 5.02 Å². The number of carboxylic acid groups (broad SMARTS) is 1. The Morgan fingerprint density at radius 1 is 0.897 bits per heavy atom. The molecule has 6 unspecified atom stereocenters. The van der Waals surface area contributed by atoms with Gasteiger partial charge in [0.05, 0.1) is 48.8 Å². The third-order valence-corrected chi connectivity index (χ3v) is 12.0. The molecule has 15 heteroatoms. The van der Waals surface area contributed by atoms with Crippen LogP contribution in [0.5, 0.6) is 23.0 Å². The van der Waals surface area contributed by atoms with E-state index in [9.17, 15) is 38.9 Å². The number of fused-ring (bicyclic) bond motifs is 4. The fraction of sp³-hybridized carbons (Fsp3) is 0.233. The summed E-state index contributed by atoms with van der Waals surface area (Å²) in [6, 6.07) is 18.3. The highest BCUT2D eigenvalue weighted by Crippen LogP contribution is 2.62. The summed E-state index contributed by atoms with van der Waals surface area (Å²) in [6.45, 7) is 0. The van der Waals surface area contributed by atoms with Gasteiger partial charge in [-0.1, -0.05) is 47.5 Å². The van der Waals surface area contributed by atoms with Crippen LogP contribution in [-0.2, 0) is 24.6 Å². The van der Waals surface area contributed by atoms with Crippen molar-refractivity contribution in [1.29, 1.82) is 0 Å². The zero-order valence-corrected chi connectivity index (χ0v) is 31.6. The second kappa shape index (κ2) is 14.4. The molecule has 6 atom stereocenters. The molecule has 2 aliphatic carbocycles. The van der Waals surface area contributed by atoms with Crippen molar-refractivity contribution in [3.8, 4) is 23.0 Å². The van der Waals surface area contributed by atoms with Gasteiger partial charge in [0.2, 0.25) is 17.6 Å². The predicted molar refractivity (Wildman–Crippen MR) is 208 cm³/mol. The number of imide groups is 2. The van der Waals surface area contributed by atoms with Crippen molar-refractivity contribution in [2.75, 3.05) is 24.5 Å². The van der Waals surface area contributed by atoms with Gasteiger partial charge in [0.25, 0.3) is 11.8 Å². The predicted octanol–water partition coefficient (Wildman–Crippen LogP) is 6.34. The van der Waals surface area contributed by atoms with Crippen molar-refractivity contribution in [1.82, 2.24) is 5.01 Å². The molecule has 4 aliphatic rings. The first-order valence-electron chi connectivity index (χ1n) is 18.2. The lowest BCUT2D eigenvalue weighted by molar-refractivity contribution is -0.139. The fourth-order valence-electron chi connectivity index (χ4n) is 9.21. The first-order valence-corrected chi connectivity index (χ1v) is 18.6. The lowest BCUT2D eigenvalue weighted by atomic mass is 9.50. The van der Waals surface area contributed by atoms with Gasteiger partial charge < -0.3 is 24.8 Å². The number of carbonyl (C=O) groups excluding carboxylic acids is 4. The van der Waals surface area contributed by atoms with E-state index in [-0.39, 0.29) is 41.5 Å². The molecule has 4 amide bonds. The Bertz CT molecular complexity index is 2450. The van der Waals surface area contributed by atoms with Gasteiger partial charge in [0.1, 0.15) is 17.1 Å². The maximum absolute atomic E-state index is 15.3. The minimum absolute atomic E-state index is 0.00626. The standard InChI is InChI=1S/C43H35ClFN3O10/c1-57-34-17-21(18-35(58-2)37(34)50)3-16-31-27-14-15-29-36(40(53)47(38(29)51)26-12-13-28(41(54)55)33(49)19-26)30(27)20-32-39(52)48(46-25-10-8-24(45)9-11-25)42(56)43(31,32)22-4-6-23(44)7-5-22/h3-14,16-19,29-32,36,46,49-50H,15,20H2,1-2H3,(H,54,55). The van der Waals surface area contributed by atoms with Crippen molar-refractivity contribution in [2.45, 2.75) is 18.3 Å².